The van der Waals surface area contributed by atoms with Gasteiger partial charge < -0.3 is 4.74 Å². The fourth-order valence-corrected chi connectivity index (χ4v) is 2.78. The Morgan fingerprint density at radius 1 is 1.30 bits per heavy atom. The number of thioether (sulfide) groups is 1. The average Bonchev–Trinajstić information content (AvgIpc) is 2.99. The number of hydrogen-bond acceptors (Lipinski definition) is 7. The van der Waals surface area contributed by atoms with Crippen LogP contribution in [0.5, 0.6) is 0 Å². The molecule has 0 radical (unpaired) electrons. The van der Waals surface area contributed by atoms with Gasteiger partial charge >= 0.3 is 5.97 Å². The van der Waals surface area contributed by atoms with Gasteiger partial charge in [-0.2, -0.15) is 9.61 Å². The molecule has 3 aromatic heterocycles. The van der Waals surface area contributed by atoms with Gasteiger partial charge in [0, 0.05) is 6.20 Å². The summed E-state index contributed by atoms with van der Waals surface area (Å²) in [6.07, 6.45) is 1.69. The molecule has 118 valence electrons. The first-order valence-electron chi connectivity index (χ1n) is 7.16. The molecule has 1 unspecified atom stereocenters. The molecule has 3 heterocycles. The van der Waals surface area contributed by atoms with Gasteiger partial charge in [0.05, 0.1) is 6.61 Å². The van der Waals surface area contributed by atoms with Crippen molar-refractivity contribution in [3.05, 3.63) is 36.5 Å². The average molecular weight is 329 g/mol. The standard InChI is InChI=1S/C15H15N5O2S/c1-3-22-15(21)10(2)23-13-8-7-12-17-18-14(20(12)19-13)11-6-4-5-9-16-11/h4-10H,3H2,1-2H3. The number of fused-ring (bicyclic) bond motifs is 1. The van der Waals surface area contributed by atoms with E-state index in [2.05, 4.69) is 20.3 Å². The third-order valence-corrected chi connectivity index (χ3v) is 4.05. The maximum atomic E-state index is 11.7. The summed E-state index contributed by atoms with van der Waals surface area (Å²) >= 11 is 1.33. The van der Waals surface area contributed by atoms with Crippen molar-refractivity contribution in [2.45, 2.75) is 24.1 Å². The minimum Gasteiger partial charge on any atom is -0.465 e. The lowest BCUT2D eigenvalue weighted by atomic mass is 10.3. The summed E-state index contributed by atoms with van der Waals surface area (Å²) < 4.78 is 6.64. The first kappa shape index (κ1) is 15.4. The van der Waals surface area contributed by atoms with Crippen LogP contribution >= 0.6 is 11.8 Å². The zero-order valence-electron chi connectivity index (χ0n) is 12.7. The van der Waals surface area contributed by atoms with Crippen LogP contribution in [0.25, 0.3) is 17.2 Å². The highest BCUT2D eigenvalue weighted by Crippen LogP contribution is 2.23. The van der Waals surface area contributed by atoms with E-state index in [0.717, 1.165) is 0 Å². The number of nitrogens with zero attached hydrogens (tertiary/aromatic N) is 5. The van der Waals surface area contributed by atoms with Gasteiger partial charge in [-0.15, -0.1) is 10.2 Å². The Labute approximate surface area is 137 Å². The van der Waals surface area contributed by atoms with Crippen molar-refractivity contribution in [3.63, 3.8) is 0 Å². The van der Waals surface area contributed by atoms with Gasteiger partial charge in [0.15, 0.2) is 5.65 Å². The molecule has 23 heavy (non-hydrogen) atoms. The highest BCUT2D eigenvalue weighted by atomic mass is 32.2. The number of ether oxygens (including phenoxy) is 1. The van der Waals surface area contributed by atoms with E-state index < -0.39 is 0 Å². The van der Waals surface area contributed by atoms with E-state index in [1.165, 1.54) is 11.8 Å². The predicted molar refractivity (Wildman–Crippen MR) is 86.0 cm³/mol. The molecule has 8 heteroatoms. The van der Waals surface area contributed by atoms with Gasteiger partial charge in [0.2, 0.25) is 5.82 Å². The molecule has 0 saturated carbocycles. The smallest absolute Gasteiger partial charge is 0.319 e. The number of hydrogen-bond donors (Lipinski definition) is 0. The lowest BCUT2D eigenvalue weighted by Crippen LogP contribution is -2.17. The quantitative estimate of drug-likeness (QED) is 0.524. The summed E-state index contributed by atoms with van der Waals surface area (Å²) in [6.45, 7) is 3.95. The van der Waals surface area contributed by atoms with E-state index >= 15 is 0 Å². The maximum Gasteiger partial charge on any atom is 0.319 e. The minimum atomic E-state index is -0.338. The van der Waals surface area contributed by atoms with Crippen LogP contribution in [0.15, 0.2) is 41.6 Å². The topological polar surface area (TPSA) is 82.3 Å². The molecule has 0 aromatic carbocycles. The highest BCUT2D eigenvalue weighted by molar-refractivity contribution is 8.00. The highest BCUT2D eigenvalue weighted by Gasteiger charge is 2.17. The summed E-state index contributed by atoms with van der Waals surface area (Å²) in [4.78, 5) is 16.0. The van der Waals surface area contributed by atoms with Gasteiger partial charge in [-0.1, -0.05) is 17.8 Å². The second kappa shape index (κ2) is 6.74. The second-order valence-corrected chi connectivity index (χ2v) is 6.05. The minimum absolute atomic E-state index is 0.256. The van der Waals surface area contributed by atoms with Crippen LogP contribution in [0.1, 0.15) is 13.8 Å². The third kappa shape index (κ3) is 3.31. The second-order valence-electron chi connectivity index (χ2n) is 4.69. The Balaban J connectivity index is 1.91. The van der Waals surface area contributed by atoms with Crippen molar-refractivity contribution in [2.75, 3.05) is 6.61 Å². The van der Waals surface area contributed by atoms with Crippen molar-refractivity contribution < 1.29 is 9.53 Å². The van der Waals surface area contributed by atoms with Crippen molar-refractivity contribution in [2.24, 2.45) is 0 Å². The lowest BCUT2D eigenvalue weighted by Gasteiger charge is -2.09. The molecule has 0 N–H and O–H groups in total. The molecule has 0 amide bonds. The molecule has 0 bridgehead atoms. The summed E-state index contributed by atoms with van der Waals surface area (Å²) in [5.41, 5.74) is 1.31. The van der Waals surface area contributed by atoms with Gasteiger partial charge in [-0.25, -0.2) is 0 Å². The molecule has 0 aliphatic rings. The van der Waals surface area contributed by atoms with Crippen LogP contribution in [0, 0.1) is 0 Å². The van der Waals surface area contributed by atoms with E-state index in [9.17, 15) is 4.79 Å². The SMILES string of the molecule is CCOC(=O)C(C)Sc1ccc2nnc(-c3ccccn3)n2n1. The first-order chi connectivity index (χ1) is 11.2. The van der Waals surface area contributed by atoms with Crippen LogP contribution < -0.4 is 0 Å². The van der Waals surface area contributed by atoms with Crippen LogP contribution in [-0.4, -0.2) is 42.6 Å². The summed E-state index contributed by atoms with van der Waals surface area (Å²) in [7, 11) is 0. The molecule has 0 spiro atoms. The molecule has 7 nitrogen and oxygen atoms in total. The number of carbonyl (C=O) groups excluding carboxylic acids is 1. The first-order valence-corrected chi connectivity index (χ1v) is 8.04. The normalized spacial score (nSPS) is 12.3. The fourth-order valence-electron chi connectivity index (χ4n) is 1.98. The third-order valence-electron chi connectivity index (χ3n) is 3.05. The van der Waals surface area contributed by atoms with Gasteiger partial charge in [0.1, 0.15) is 16.0 Å². The molecule has 3 aromatic rings. The van der Waals surface area contributed by atoms with Crippen molar-refractivity contribution in [1.82, 2.24) is 24.8 Å². The Morgan fingerprint density at radius 3 is 2.91 bits per heavy atom. The Morgan fingerprint density at radius 2 is 2.17 bits per heavy atom. The van der Waals surface area contributed by atoms with Crippen LogP contribution in [-0.2, 0) is 9.53 Å². The van der Waals surface area contributed by atoms with Crippen LogP contribution in [0.2, 0.25) is 0 Å². The van der Waals surface area contributed by atoms with Gasteiger partial charge in [0.25, 0.3) is 0 Å². The van der Waals surface area contributed by atoms with Crippen LogP contribution in [0.3, 0.4) is 0 Å². The molecule has 0 aliphatic heterocycles. The number of pyridine rings is 1. The van der Waals surface area contributed by atoms with Crippen molar-refractivity contribution in [3.8, 4) is 11.5 Å². The summed E-state index contributed by atoms with van der Waals surface area (Å²) in [6, 6.07) is 9.19. The molecule has 0 aliphatic carbocycles. The molecule has 0 saturated heterocycles. The maximum absolute atomic E-state index is 11.7. The number of rotatable bonds is 5. The zero-order chi connectivity index (χ0) is 16.2. The van der Waals surface area contributed by atoms with Crippen molar-refractivity contribution >= 4 is 23.4 Å². The Bertz CT molecular complexity index is 821. The summed E-state index contributed by atoms with van der Waals surface area (Å²) in [5.74, 6) is 0.306. The van der Waals surface area contributed by atoms with Crippen molar-refractivity contribution in [1.29, 1.82) is 0 Å². The molecule has 0 fully saturated rings. The van der Waals surface area contributed by atoms with E-state index in [0.29, 0.717) is 28.8 Å². The Hall–Kier alpha value is -2.48. The molecular formula is C15H15N5O2S. The number of carbonyl (C=O) groups is 1. The zero-order valence-corrected chi connectivity index (χ0v) is 13.5. The van der Waals surface area contributed by atoms with Gasteiger partial charge in [-0.3, -0.25) is 9.78 Å². The molecule has 1 atom stereocenters. The van der Waals surface area contributed by atoms with Crippen LogP contribution in [0.4, 0.5) is 0 Å². The van der Waals surface area contributed by atoms with E-state index in [1.807, 2.05) is 30.3 Å². The van der Waals surface area contributed by atoms with E-state index in [-0.39, 0.29) is 11.2 Å². The summed E-state index contributed by atoms with van der Waals surface area (Å²) in [5, 5.41) is 13.1. The molecular weight excluding hydrogens is 314 g/mol. The predicted octanol–water partition coefficient (Wildman–Crippen LogP) is 2.23. The number of esters is 1. The lowest BCUT2D eigenvalue weighted by molar-refractivity contribution is -0.142. The number of aromatic nitrogens is 5. The Kier molecular flexibility index (Phi) is 4.52. The van der Waals surface area contributed by atoms with E-state index in [4.69, 9.17) is 4.74 Å². The fraction of sp³-hybridized carbons (Fsp3) is 0.267. The van der Waals surface area contributed by atoms with Gasteiger partial charge in [-0.05, 0) is 38.1 Å². The largest absolute Gasteiger partial charge is 0.465 e. The molecule has 3 rings (SSSR count). The van der Waals surface area contributed by atoms with E-state index in [1.54, 1.807) is 24.6 Å². The monoisotopic (exact) mass is 329 g/mol.